The third kappa shape index (κ3) is 3.80. The predicted octanol–water partition coefficient (Wildman–Crippen LogP) is 2.73. The number of nitrogens with zero attached hydrogens (tertiary/aromatic N) is 1. The van der Waals surface area contributed by atoms with Gasteiger partial charge in [0.15, 0.2) is 0 Å². The molecule has 0 saturated carbocycles. The van der Waals surface area contributed by atoms with Gasteiger partial charge >= 0.3 is 6.03 Å². The molecule has 0 aliphatic carbocycles. The van der Waals surface area contributed by atoms with E-state index >= 15 is 0 Å². The second-order valence-electron chi connectivity index (χ2n) is 6.66. The maximum Gasteiger partial charge on any atom is 0.325 e. The van der Waals surface area contributed by atoms with Crippen LogP contribution in [0.2, 0.25) is 5.02 Å². The molecule has 0 spiro atoms. The molecule has 6 nitrogen and oxygen atoms in total. The highest BCUT2D eigenvalue weighted by atomic mass is 35.5. The van der Waals surface area contributed by atoms with Crippen molar-refractivity contribution in [3.05, 3.63) is 70.2 Å². The normalized spacial score (nSPS) is 19.1. The average Bonchev–Trinajstić information content (AvgIpc) is 2.85. The Hall–Kier alpha value is -2.86. The number of carbonyl (C=O) groups is 3. The van der Waals surface area contributed by atoms with E-state index in [1.54, 1.807) is 31.2 Å². The minimum absolute atomic E-state index is 0.334. The molecule has 1 saturated heterocycles. The van der Waals surface area contributed by atoms with Crippen molar-refractivity contribution in [1.82, 2.24) is 15.5 Å². The maximum atomic E-state index is 12.8. The lowest BCUT2D eigenvalue weighted by Crippen LogP contribution is -2.43. The molecule has 1 fully saturated rings. The van der Waals surface area contributed by atoms with Gasteiger partial charge in [0.25, 0.3) is 5.91 Å². The van der Waals surface area contributed by atoms with Crippen molar-refractivity contribution < 1.29 is 14.4 Å². The zero-order valence-electron chi connectivity index (χ0n) is 15.1. The SMILES string of the molecule is Cc1ccccc1CNC(=O)CN1C(=O)NC(C)(c2ccc(Cl)cc2)C1=O. The molecule has 0 bridgehead atoms. The fourth-order valence-electron chi connectivity index (χ4n) is 3.02. The van der Waals surface area contributed by atoms with E-state index in [9.17, 15) is 14.4 Å². The van der Waals surface area contributed by atoms with E-state index in [4.69, 9.17) is 11.6 Å². The summed E-state index contributed by atoms with van der Waals surface area (Å²) in [6.45, 7) is 3.57. The van der Waals surface area contributed by atoms with Gasteiger partial charge in [-0.2, -0.15) is 0 Å². The molecule has 3 rings (SSSR count). The quantitative estimate of drug-likeness (QED) is 0.777. The molecule has 2 aromatic rings. The van der Waals surface area contributed by atoms with Gasteiger partial charge in [0.05, 0.1) is 0 Å². The number of imide groups is 1. The standard InChI is InChI=1S/C20H20ClN3O3/c1-13-5-3-4-6-14(13)11-22-17(25)12-24-18(26)20(2,23-19(24)27)15-7-9-16(21)10-8-15/h3-10H,11-12H2,1-2H3,(H,22,25)(H,23,27). The van der Waals surface area contributed by atoms with Gasteiger partial charge in [-0.15, -0.1) is 0 Å². The largest absolute Gasteiger partial charge is 0.350 e. The summed E-state index contributed by atoms with van der Waals surface area (Å²) in [6, 6.07) is 13.8. The van der Waals surface area contributed by atoms with Crippen LogP contribution in [0.5, 0.6) is 0 Å². The second kappa shape index (κ2) is 7.40. The Bertz CT molecular complexity index is 898. The van der Waals surface area contributed by atoms with Crippen LogP contribution in [0.25, 0.3) is 0 Å². The van der Waals surface area contributed by atoms with Crippen LogP contribution in [0.15, 0.2) is 48.5 Å². The molecule has 2 aromatic carbocycles. The van der Waals surface area contributed by atoms with E-state index in [1.807, 2.05) is 31.2 Å². The number of carbonyl (C=O) groups excluding carboxylic acids is 3. The molecule has 1 aliphatic heterocycles. The Morgan fingerprint density at radius 1 is 1.15 bits per heavy atom. The number of rotatable bonds is 5. The van der Waals surface area contributed by atoms with Gasteiger partial charge in [0.2, 0.25) is 5.91 Å². The molecule has 2 N–H and O–H groups in total. The summed E-state index contributed by atoms with van der Waals surface area (Å²) < 4.78 is 0. The van der Waals surface area contributed by atoms with Gasteiger partial charge in [-0.1, -0.05) is 48.0 Å². The van der Waals surface area contributed by atoms with E-state index < -0.39 is 23.4 Å². The lowest BCUT2D eigenvalue weighted by Gasteiger charge is -2.22. The summed E-state index contributed by atoms with van der Waals surface area (Å²) in [7, 11) is 0. The molecule has 7 heteroatoms. The van der Waals surface area contributed by atoms with Gasteiger partial charge in [-0.3, -0.25) is 14.5 Å². The highest BCUT2D eigenvalue weighted by molar-refractivity contribution is 6.30. The van der Waals surface area contributed by atoms with Gasteiger partial charge < -0.3 is 10.6 Å². The Morgan fingerprint density at radius 3 is 2.48 bits per heavy atom. The van der Waals surface area contributed by atoms with Crippen molar-refractivity contribution in [2.24, 2.45) is 0 Å². The number of benzene rings is 2. The molecular weight excluding hydrogens is 366 g/mol. The summed E-state index contributed by atoms with van der Waals surface area (Å²) in [4.78, 5) is 38.3. The number of nitrogens with one attached hydrogen (secondary N) is 2. The van der Waals surface area contributed by atoms with Crippen molar-refractivity contribution in [2.75, 3.05) is 6.54 Å². The van der Waals surface area contributed by atoms with Crippen molar-refractivity contribution in [2.45, 2.75) is 25.9 Å². The first-order chi connectivity index (χ1) is 12.8. The molecule has 0 aromatic heterocycles. The van der Waals surface area contributed by atoms with Crippen LogP contribution in [-0.4, -0.2) is 29.3 Å². The minimum Gasteiger partial charge on any atom is -0.350 e. The first-order valence-corrected chi connectivity index (χ1v) is 8.90. The lowest BCUT2D eigenvalue weighted by molar-refractivity contribution is -0.134. The maximum absolute atomic E-state index is 12.8. The Morgan fingerprint density at radius 2 is 1.81 bits per heavy atom. The summed E-state index contributed by atoms with van der Waals surface area (Å²) in [5.41, 5.74) is 1.42. The van der Waals surface area contributed by atoms with E-state index in [0.717, 1.165) is 16.0 Å². The van der Waals surface area contributed by atoms with E-state index in [0.29, 0.717) is 17.1 Å². The summed E-state index contributed by atoms with van der Waals surface area (Å²) in [6.07, 6.45) is 0. The first-order valence-electron chi connectivity index (χ1n) is 8.52. The average molecular weight is 386 g/mol. The van der Waals surface area contributed by atoms with Crippen LogP contribution in [-0.2, 0) is 21.7 Å². The van der Waals surface area contributed by atoms with Crippen LogP contribution in [0.3, 0.4) is 0 Å². The second-order valence-corrected chi connectivity index (χ2v) is 7.09. The summed E-state index contributed by atoms with van der Waals surface area (Å²) in [5, 5.41) is 5.95. The monoisotopic (exact) mass is 385 g/mol. The molecule has 1 heterocycles. The topological polar surface area (TPSA) is 78.5 Å². The molecule has 1 aliphatic rings. The summed E-state index contributed by atoms with van der Waals surface area (Å²) in [5.74, 6) is -0.872. The third-order valence-electron chi connectivity index (χ3n) is 4.74. The van der Waals surface area contributed by atoms with Gasteiger partial charge in [-0.05, 0) is 42.7 Å². The Kier molecular flexibility index (Phi) is 5.19. The van der Waals surface area contributed by atoms with Crippen molar-refractivity contribution >= 4 is 29.4 Å². The fraction of sp³-hybridized carbons (Fsp3) is 0.250. The molecule has 1 atom stereocenters. The number of aryl methyl sites for hydroxylation is 1. The highest BCUT2D eigenvalue weighted by Gasteiger charge is 2.49. The van der Waals surface area contributed by atoms with Crippen LogP contribution >= 0.6 is 11.6 Å². The number of hydrogen-bond donors (Lipinski definition) is 2. The molecule has 1 unspecified atom stereocenters. The van der Waals surface area contributed by atoms with E-state index in [2.05, 4.69) is 10.6 Å². The first kappa shape index (κ1) is 18.9. The Labute approximate surface area is 162 Å². The Balaban J connectivity index is 1.67. The van der Waals surface area contributed by atoms with Gasteiger partial charge in [-0.25, -0.2) is 4.79 Å². The fourth-order valence-corrected chi connectivity index (χ4v) is 3.15. The van der Waals surface area contributed by atoms with Crippen LogP contribution in [0, 0.1) is 6.92 Å². The number of urea groups is 1. The smallest absolute Gasteiger partial charge is 0.325 e. The van der Waals surface area contributed by atoms with Crippen LogP contribution in [0.4, 0.5) is 4.79 Å². The predicted molar refractivity (Wildman–Crippen MR) is 102 cm³/mol. The zero-order valence-corrected chi connectivity index (χ0v) is 15.8. The van der Waals surface area contributed by atoms with Crippen molar-refractivity contribution in [3.8, 4) is 0 Å². The minimum atomic E-state index is -1.22. The van der Waals surface area contributed by atoms with Crippen molar-refractivity contribution in [3.63, 3.8) is 0 Å². The van der Waals surface area contributed by atoms with Crippen LogP contribution in [0.1, 0.15) is 23.6 Å². The van der Waals surface area contributed by atoms with E-state index in [-0.39, 0.29) is 6.54 Å². The highest BCUT2D eigenvalue weighted by Crippen LogP contribution is 2.29. The van der Waals surface area contributed by atoms with Crippen LogP contribution < -0.4 is 10.6 Å². The summed E-state index contributed by atoms with van der Waals surface area (Å²) >= 11 is 5.89. The van der Waals surface area contributed by atoms with E-state index in [1.165, 1.54) is 0 Å². The molecule has 0 radical (unpaired) electrons. The lowest BCUT2D eigenvalue weighted by atomic mass is 9.92. The number of amides is 4. The zero-order chi connectivity index (χ0) is 19.6. The number of hydrogen-bond acceptors (Lipinski definition) is 3. The van der Waals surface area contributed by atoms with Gasteiger partial charge in [0.1, 0.15) is 12.1 Å². The molecule has 140 valence electrons. The van der Waals surface area contributed by atoms with Gasteiger partial charge in [0, 0.05) is 11.6 Å². The third-order valence-corrected chi connectivity index (χ3v) is 4.99. The number of halogens is 1. The molecule has 4 amide bonds. The molecular formula is C20H20ClN3O3. The van der Waals surface area contributed by atoms with Crippen molar-refractivity contribution in [1.29, 1.82) is 0 Å². The molecule has 27 heavy (non-hydrogen) atoms.